The molecule has 0 aromatic carbocycles. The van der Waals surface area contributed by atoms with Crippen LogP contribution in [0.1, 0.15) is 23.2 Å². The number of pyridine rings is 1. The molecule has 1 aromatic rings. The van der Waals surface area contributed by atoms with Gasteiger partial charge in [0.2, 0.25) is 0 Å². The second-order valence-electron chi connectivity index (χ2n) is 2.88. The zero-order chi connectivity index (χ0) is 11.4. The Bertz CT molecular complexity index is 371. The Labute approximate surface area is 93.3 Å². The highest BCUT2D eigenvalue weighted by atomic mass is 79.9. The van der Waals surface area contributed by atoms with Gasteiger partial charge in [0.1, 0.15) is 0 Å². The summed E-state index contributed by atoms with van der Waals surface area (Å²) >= 11 is 3.04. The van der Waals surface area contributed by atoms with Gasteiger partial charge in [-0.05, 0) is 11.6 Å². The van der Waals surface area contributed by atoms with Crippen molar-refractivity contribution in [2.45, 2.75) is 18.2 Å². The third kappa shape index (κ3) is 3.23. The number of rotatable bonds is 4. The van der Waals surface area contributed by atoms with Crippen LogP contribution in [-0.4, -0.2) is 16.1 Å². The lowest BCUT2D eigenvalue weighted by Gasteiger charge is -2.06. The van der Waals surface area contributed by atoms with Gasteiger partial charge >= 0.3 is 5.97 Å². The van der Waals surface area contributed by atoms with Crippen LogP contribution in [0.25, 0.3) is 0 Å². The van der Waals surface area contributed by atoms with E-state index in [4.69, 9.17) is 5.11 Å². The Morgan fingerprint density at radius 3 is 2.73 bits per heavy atom. The van der Waals surface area contributed by atoms with Crippen LogP contribution in [-0.2, 0) is 16.5 Å². The van der Waals surface area contributed by atoms with Crippen molar-refractivity contribution in [3.05, 3.63) is 29.1 Å². The zero-order valence-electron chi connectivity index (χ0n) is 7.58. The third-order valence-corrected chi connectivity index (χ3v) is 2.31. The molecule has 0 aliphatic rings. The summed E-state index contributed by atoms with van der Waals surface area (Å²) in [6.07, 6.45) is -1.63. The first-order valence-electron chi connectivity index (χ1n) is 4.08. The molecule has 0 saturated heterocycles. The van der Waals surface area contributed by atoms with Crippen LogP contribution in [0.15, 0.2) is 12.3 Å². The Morgan fingerprint density at radius 2 is 2.27 bits per heavy atom. The van der Waals surface area contributed by atoms with E-state index in [0.717, 1.165) is 0 Å². The standard InChI is InChI=1S/C9H8BrF2NO2/c10-3-7-6(9(11)12)1-5(4-13-7)2-8(14)15/h1,4,9H,2-3H2,(H,14,15). The van der Waals surface area contributed by atoms with Gasteiger partial charge in [-0.1, -0.05) is 15.9 Å². The van der Waals surface area contributed by atoms with Crippen molar-refractivity contribution in [2.75, 3.05) is 0 Å². The van der Waals surface area contributed by atoms with Gasteiger partial charge in [0.25, 0.3) is 6.43 Å². The van der Waals surface area contributed by atoms with Gasteiger partial charge in [0.15, 0.2) is 0 Å². The van der Waals surface area contributed by atoms with Crippen molar-refractivity contribution in [3.63, 3.8) is 0 Å². The summed E-state index contributed by atoms with van der Waals surface area (Å²) in [5, 5.41) is 8.72. The van der Waals surface area contributed by atoms with E-state index in [0.29, 0.717) is 0 Å². The van der Waals surface area contributed by atoms with E-state index in [9.17, 15) is 13.6 Å². The van der Waals surface area contributed by atoms with Crippen LogP contribution in [0.4, 0.5) is 8.78 Å². The molecule has 6 heteroatoms. The largest absolute Gasteiger partial charge is 0.481 e. The number of hydrogen-bond donors (Lipinski definition) is 1. The summed E-state index contributed by atoms with van der Waals surface area (Å²) in [6, 6.07) is 1.18. The number of aromatic nitrogens is 1. The Kier molecular flexibility index (Phi) is 4.14. The van der Waals surface area contributed by atoms with Crippen molar-refractivity contribution in [2.24, 2.45) is 0 Å². The van der Waals surface area contributed by atoms with E-state index in [1.165, 1.54) is 12.3 Å². The summed E-state index contributed by atoms with van der Waals surface area (Å²) in [5.41, 5.74) is 0.298. The molecule has 0 unspecified atom stereocenters. The van der Waals surface area contributed by atoms with Crippen molar-refractivity contribution in [3.8, 4) is 0 Å². The predicted molar refractivity (Wildman–Crippen MR) is 53.2 cm³/mol. The van der Waals surface area contributed by atoms with E-state index in [1.54, 1.807) is 0 Å². The van der Waals surface area contributed by atoms with E-state index in [2.05, 4.69) is 20.9 Å². The molecule has 0 atom stereocenters. The highest BCUT2D eigenvalue weighted by Crippen LogP contribution is 2.24. The van der Waals surface area contributed by atoms with Gasteiger partial charge in [-0.3, -0.25) is 9.78 Å². The lowest BCUT2D eigenvalue weighted by Crippen LogP contribution is -2.04. The fourth-order valence-corrected chi connectivity index (χ4v) is 1.60. The minimum absolute atomic E-state index is 0.217. The Hall–Kier alpha value is -1.04. The maximum atomic E-state index is 12.5. The summed E-state index contributed by atoms with van der Waals surface area (Å²) in [4.78, 5) is 14.2. The highest BCUT2D eigenvalue weighted by Gasteiger charge is 2.15. The molecule has 0 radical (unpaired) electrons. The molecule has 1 heterocycles. The molecule has 0 amide bonds. The molecule has 1 aromatic heterocycles. The number of aliphatic carboxylic acids is 1. The number of alkyl halides is 3. The van der Waals surface area contributed by atoms with Crippen molar-refractivity contribution in [1.29, 1.82) is 0 Å². The summed E-state index contributed by atoms with van der Waals surface area (Å²) in [7, 11) is 0. The Morgan fingerprint density at radius 1 is 1.60 bits per heavy atom. The number of nitrogens with zero attached hydrogens (tertiary/aromatic N) is 1. The average Bonchev–Trinajstić information content (AvgIpc) is 2.16. The molecule has 0 aliphatic carbocycles. The molecule has 1 N–H and O–H groups in total. The van der Waals surface area contributed by atoms with Gasteiger partial charge in [-0.15, -0.1) is 0 Å². The fourth-order valence-electron chi connectivity index (χ4n) is 1.13. The number of carboxylic acid groups (broad SMARTS) is 1. The van der Waals surface area contributed by atoms with Gasteiger partial charge in [0, 0.05) is 17.1 Å². The van der Waals surface area contributed by atoms with Crippen LogP contribution in [0.5, 0.6) is 0 Å². The number of carbonyl (C=O) groups is 1. The van der Waals surface area contributed by atoms with E-state index in [-0.39, 0.29) is 28.6 Å². The minimum Gasteiger partial charge on any atom is -0.481 e. The topological polar surface area (TPSA) is 50.2 Å². The maximum Gasteiger partial charge on any atom is 0.307 e. The predicted octanol–water partition coefficient (Wildman–Crippen LogP) is 2.54. The SMILES string of the molecule is O=C(O)Cc1cnc(CBr)c(C(F)F)c1. The normalized spacial score (nSPS) is 10.7. The van der Waals surface area contributed by atoms with Gasteiger partial charge in [-0.2, -0.15) is 0 Å². The van der Waals surface area contributed by atoms with Gasteiger partial charge in [-0.25, -0.2) is 8.78 Å². The molecule has 82 valence electrons. The lowest BCUT2D eigenvalue weighted by atomic mass is 10.1. The first-order chi connectivity index (χ1) is 7.04. The van der Waals surface area contributed by atoms with Crippen molar-refractivity contribution in [1.82, 2.24) is 4.98 Å². The first-order valence-corrected chi connectivity index (χ1v) is 5.20. The molecule has 15 heavy (non-hydrogen) atoms. The first kappa shape index (κ1) is 12.0. The maximum absolute atomic E-state index is 12.5. The molecule has 0 saturated carbocycles. The molecular formula is C9H8BrF2NO2. The smallest absolute Gasteiger partial charge is 0.307 e. The summed E-state index contributed by atoms with van der Waals surface area (Å²) < 4.78 is 25.0. The minimum atomic E-state index is -2.64. The average molecular weight is 280 g/mol. The van der Waals surface area contributed by atoms with Crippen LogP contribution in [0.2, 0.25) is 0 Å². The quantitative estimate of drug-likeness (QED) is 0.862. The van der Waals surface area contributed by atoms with E-state index in [1.807, 2.05) is 0 Å². The summed E-state index contributed by atoms with van der Waals surface area (Å²) in [6.45, 7) is 0. The van der Waals surface area contributed by atoms with Gasteiger partial charge < -0.3 is 5.11 Å². The van der Waals surface area contributed by atoms with Crippen LogP contribution >= 0.6 is 15.9 Å². The third-order valence-electron chi connectivity index (χ3n) is 1.78. The molecular weight excluding hydrogens is 272 g/mol. The Balaban J connectivity index is 3.04. The van der Waals surface area contributed by atoms with Crippen molar-refractivity contribution < 1.29 is 18.7 Å². The van der Waals surface area contributed by atoms with Gasteiger partial charge in [0.05, 0.1) is 12.1 Å². The zero-order valence-corrected chi connectivity index (χ0v) is 9.17. The molecule has 0 bridgehead atoms. The number of halogens is 3. The van der Waals surface area contributed by atoms with Crippen LogP contribution in [0, 0.1) is 0 Å². The lowest BCUT2D eigenvalue weighted by molar-refractivity contribution is -0.136. The van der Waals surface area contributed by atoms with Crippen molar-refractivity contribution >= 4 is 21.9 Å². The number of hydrogen-bond acceptors (Lipinski definition) is 2. The number of carboxylic acids is 1. The van der Waals surface area contributed by atoms with Crippen LogP contribution < -0.4 is 0 Å². The van der Waals surface area contributed by atoms with E-state index >= 15 is 0 Å². The monoisotopic (exact) mass is 279 g/mol. The molecule has 0 fully saturated rings. The molecule has 0 spiro atoms. The molecule has 0 aliphatic heterocycles. The summed E-state index contributed by atoms with van der Waals surface area (Å²) in [5.74, 6) is -1.07. The molecule has 1 rings (SSSR count). The second-order valence-corrected chi connectivity index (χ2v) is 3.45. The van der Waals surface area contributed by atoms with E-state index < -0.39 is 12.4 Å². The highest BCUT2D eigenvalue weighted by molar-refractivity contribution is 9.08. The second kappa shape index (κ2) is 5.16. The van der Waals surface area contributed by atoms with Crippen LogP contribution in [0.3, 0.4) is 0 Å². The fraction of sp³-hybridized carbons (Fsp3) is 0.333. The molecule has 3 nitrogen and oxygen atoms in total.